The number of rotatable bonds is 5. The van der Waals surface area contributed by atoms with E-state index >= 15 is 0 Å². The predicted octanol–water partition coefficient (Wildman–Crippen LogP) is 4.91. The molecular formula is C17H22N2S. The van der Waals surface area contributed by atoms with Crippen LogP contribution in [-0.4, -0.2) is 13.1 Å². The molecule has 1 fully saturated rings. The summed E-state index contributed by atoms with van der Waals surface area (Å²) in [5, 5.41) is 5.90. The van der Waals surface area contributed by atoms with E-state index in [2.05, 4.69) is 58.9 Å². The Labute approximate surface area is 125 Å². The van der Waals surface area contributed by atoms with E-state index in [0.29, 0.717) is 6.04 Å². The van der Waals surface area contributed by atoms with Crippen LogP contribution in [0.3, 0.4) is 0 Å². The molecule has 3 heteroatoms. The van der Waals surface area contributed by atoms with Crippen LogP contribution in [0.15, 0.2) is 41.8 Å². The van der Waals surface area contributed by atoms with Crippen molar-refractivity contribution in [2.24, 2.45) is 0 Å². The molecule has 1 atom stereocenters. The number of nitrogens with zero attached hydrogens (tertiary/aromatic N) is 1. The monoisotopic (exact) mass is 286 g/mol. The van der Waals surface area contributed by atoms with Crippen LogP contribution in [0.4, 0.5) is 11.4 Å². The molecule has 2 heterocycles. The minimum Gasteiger partial charge on any atom is -0.376 e. The van der Waals surface area contributed by atoms with Crippen LogP contribution in [-0.2, 0) is 0 Å². The fraction of sp³-hybridized carbons (Fsp3) is 0.412. The van der Waals surface area contributed by atoms with Crippen LogP contribution in [0.25, 0.3) is 0 Å². The lowest BCUT2D eigenvalue weighted by Crippen LogP contribution is -2.20. The Morgan fingerprint density at radius 3 is 2.65 bits per heavy atom. The molecule has 106 valence electrons. The number of hydrogen-bond donors (Lipinski definition) is 1. The van der Waals surface area contributed by atoms with Gasteiger partial charge in [0.2, 0.25) is 0 Å². The van der Waals surface area contributed by atoms with Crippen molar-refractivity contribution in [2.45, 2.75) is 32.2 Å². The molecule has 1 aliphatic heterocycles. The fourth-order valence-corrected chi connectivity index (χ4v) is 3.74. The third kappa shape index (κ3) is 2.83. The highest BCUT2D eigenvalue weighted by Crippen LogP contribution is 2.33. The lowest BCUT2D eigenvalue weighted by Gasteiger charge is -2.25. The highest BCUT2D eigenvalue weighted by molar-refractivity contribution is 7.10. The Hall–Kier alpha value is -1.48. The van der Waals surface area contributed by atoms with E-state index < -0.39 is 0 Å². The number of hydrogen-bond acceptors (Lipinski definition) is 3. The summed E-state index contributed by atoms with van der Waals surface area (Å²) in [6, 6.07) is 13.5. The van der Waals surface area contributed by atoms with Gasteiger partial charge in [0.05, 0.1) is 17.4 Å². The molecule has 2 nitrogen and oxygen atoms in total. The maximum Gasteiger partial charge on any atom is 0.0604 e. The van der Waals surface area contributed by atoms with Gasteiger partial charge in [0.25, 0.3) is 0 Å². The molecular weight excluding hydrogens is 264 g/mol. The standard InChI is InChI=1S/C17H22N2S/c1-2-14(17-10-7-13-20-17)18-15-8-3-4-9-16(15)19-11-5-6-12-19/h3-4,7-10,13-14,18H,2,5-6,11-12H2,1H3. The molecule has 0 saturated carbocycles. The quantitative estimate of drug-likeness (QED) is 0.840. The minimum absolute atomic E-state index is 0.416. The van der Waals surface area contributed by atoms with Crippen molar-refractivity contribution in [3.63, 3.8) is 0 Å². The van der Waals surface area contributed by atoms with Gasteiger partial charge in [0.1, 0.15) is 0 Å². The molecule has 1 aromatic heterocycles. The van der Waals surface area contributed by atoms with E-state index in [1.54, 1.807) is 0 Å². The molecule has 1 N–H and O–H groups in total. The summed E-state index contributed by atoms with van der Waals surface area (Å²) >= 11 is 1.84. The lowest BCUT2D eigenvalue weighted by atomic mass is 10.1. The molecule has 0 radical (unpaired) electrons. The van der Waals surface area contributed by atoms with Gasteiger partial charge in [-0.3, -0.25) is 0 Å². The van der Waals surface area contributed by atoms with Crippen LogP contribution in [0, 0.1) is 0 Å². The maximum absolute atomic E-state index is 3.75. The first kappa shape index (κ1) is 13.5. The highest BCUT2D eigenvalue weighted by Gasteiger charge is 2.17. The molecule has 0 amide bonds. The summed E-state index contributed by atoms with van der Waals surface area (Å²) in [5.41, 5.74) is 2.63. The van der Waals surface area contributed by atoms with Gasteiger partial charge in [-0.05, 0) is 42.8 Å². The Morgan fingerprint density at radius 2 is 1.95 bits per heavy atom. The summed E-state index contributed by atoms with van der Waals surface area (Å²) in [4.78, 5) is 3.92. The predicted molar refractivity (Wildman–Crippen MR) is 88.9 cm³/mol. The van der Waals surface area contributed by atoms with E-state index in [4.69, 9.17) is 0 Å². The highest BCUT2D eigenvalue weighted by atomic mass is 32.1. The molecule has 3 rings (SSSR count). The number of thiophene rings is 1. The van der Waals surface area contributed by atoms with Crippen molar-refractivity contribution in [2.75, 3.05) is 23.3 Å². The smallest absolute Gasteiger partial charge is 0.0604 e. The minimum atomic E-state index is 0.416. The maximum atomic E-state index is 3.75. The third-order valence-corrected chi connectivity index (χ3v) is 4.96. The number of nitrogens with one attached hydrogen (secondary N) is 1. The second-order valence-electron chi connectivity index (χ2n) is 5.33. The second-order valence-corrected chi connectivity index (χ2v) is 6.31. The van der Waals surface area contributed by atoms with Crippen LogP contribution in [0.2, 0.25) is 0 Å². The number of benzene rings is 1. The molecule has 2 aromatic rings. The fourth-order valence-electron chi connectivity index (χ4n) is 2.88. The SMILES string of the molecule is CCC(Nc1ccccc1N1CCCC1)c1cccs1. The van der Waals surface area contributed by atoms with Crippen LogP contribution >= 0.6 is 11.3 Å². The van der Waals surface area contributed by atoms with Crippen molar-refractivity contribution < 1.29 is 0 Å². The van der Waals surface area contributed by atoms with Gasteiger partial charge in [-0.25, -0.2) is 0 Å². The lowest BCUT2D eigenvalue weighted by molar-refractivity contribution is 0.763. The van der Waals surface area contributed by atoms with Crippen molar-refractivity contribution in [1.29, 1.82) is 0 Å². The zero-order valence-corrected chi connectivity index (χ0v) is 12.8. The molecule has 1 unspecified atom stereocenters. The summed E-state index contributed by atoms with van der Waals surface area (Å²) in [6.45, 7) is 4.62. The summed E-state index contributed by atoms with van der Waals surface area (Å²) < 4.78 is 0. The second kappa shape index (κ2) is 6.31. The van der Waals surface area contributed by atoms with Crippen molar-refractivity contribution >= 4 is 22.7 Å². The number of anilines is 2. The van der Waals surface area contributed by atoms with Gasteiger partial charge < -0.3 is 10.2 Å². The molecule has 0 bridgehead atoms. The average Bonchev–Trinajstić information content (AvgIpc) is 3.18. The normalized spacial score (nSPS) is 16.4. The first-order valence-electron chi connectivity index (χ1n) is 7.52. The van der Waals surface area contributed by atoms with Gasteiger partial charge in [-0.15, -0.1) is 11.3 Å². The molecule has 0 spiro atoms. The molecule has 1 aromatic carbocycles. The van der Waals surface area contributed by atoms with Crippen molar-refractivity contribution in [3.05, 3.63) is 46.7 Å². The average molecular weight is 286 g/mol. The topological polar surface area (TPSA) is 15.3 Å². The summed E-state index contributed by atoms with van der Waals surface area (Å²) in [7, 11) is 0. The first-order valence-corrected chi connectivity index (χ1v) is 8.40. The largest absolute Gasteiger partial charge is 0.376 e. The van der Waals surface area contributed by atoms with Crippen LogP contribution < -0.4 is 10.2 Å². The van der Waals surface area contributed by atoms with Gasteiger partial charge in [0.15, 0.2) is 0 Å². The number of para-hydroxylation sites is 2. The third-order valence-electron chi connectivity index (χ3n) is 3.98. The van der Waals surface area contributed by atoms with Crippen LogP contribution in [0.1, 0.15) is 37.1 Å². The van der Waals surface area contributed by atoms with Gasteiger partial charge >= 0.3 is 0 Å². The molecule has 0 aliphatic carbocycles. The molecule has 1 saturated heterocycles. The summed E-state index contributed by atoms with van der Waals surface area (Å²) in [6.07, 6.45) is 3.74. The zero-order valence-electron chi connectivity index (χ0n) is 12.0. The van der Waals surface area contributed by atoms with Crippen molar-refractivity contribution in [3.8, 4) is 0 Å². The first-order chi connectivity index (χ1) is 9.88. The summed E-state index contributed by atoms with van der Waals surface area (Å²) in [5.74, 6) is 0. The Bertz CT molecular complexity index is 530. The van der Waals surface area contributed by atoms with E-state index in [-0.39, 0.29) is 0 Å². The van der Waals surface area contributed by atoms with E-state index in [1.165, 1.54) is 42.2 Å². The molecule has 20 heavy (non-hydrogen) atoms. The van der Waals surface area contributed by atoms with Crippen LogP contribution in [0.5, 0.6) is 0 Å². The van der Waals surface area contributed by atoms with E-state index in [9.17, 15) is 0 Å². The van der Waals surface area contributed by atoms with E-state index in [0.717, 1.165) is 6.42 Å². The zero-order chi connectivity index (χ0) is 13.8. The van der Waals surface area contributed by atoms with E-state index in [1.807, 2.05) is 11.3 Å². The van der Waals surface area contributed by atoms with Gasteiger partial charge in [0, 0.05) is 18.0 Å². The van der Waals surface area contributed by atoms with Gasteiger partial charge in [-0.2, -0.15) is 0 Å². The Kier molecular flexibility index (Phi) is 4.26. The Morgan fingerprint density at radius 1 is 1.15 bits per heavy atom. The molecule has 1 aliphatic rings. The van der Waals surface area contributed by atoms with Crippen molar-refractivity contribution in [1.82, 2.24) is 0 Å². The Balaban J connectivity index is 1.82. The van der Waals surface area contributed by atoms with Gasteiger partial charge in [-0.1, -0.05) is 25.1 Å².